The third-order valence-corrected chi connectivity index (χ3v) is 4.89. The summed E-state index contributed by atoms with van der Waals surface area (Å²) in [5, 5.41) is 6.60. The van der Waals surface area contributed by atoms with E-state index in [9.17, 15) is 4.79 Å². The van der Waals surface area contributed by atoms with E-state index in [1.165, 1.54) is 5.56 Å². The number of aryl methyl sites for hydroxylation is 1. The van der Waals surface area contributed by atoms with Gasteiger partial charge in [0, 0.05) is 5.56 Å². The van der Waals surface area contributed by atoms with Crippen LogP contribution in [-0.4, -0.2) is 17.7 Å². The molecule has 0 aromatic heterocycles. The molecule has 4 heteroatoms. The Morgan fingerprint density at radius 1 is 1.00 bits per heavy atom. The van der Waals surface area contributed by atoms with Gasteiger partial charge in [0.1, 0.15) is 5.75 Å². The topological polar surface area (TPSA) is 50.7 Å². The minimum absolute atomic E-state index is 0.251. The molecule has 3 aromatic rings. The maximum atomic E-state index is 12.4. The number of amides is 1. The van der Waals surface area contributed by atoms with E-state index >= 15 is 0 Å². The molecule has 0 bridgehead atoms. The zero-order chi connectivity index (χ0) is 18.6. The predicted octanol–water partition coefficient (Wildman–Crippen LogP) is 4.46. The molecule has 136 valence electrons. The Morgan fingerprint density at radius 2 is 1.78 bits per heavy atom. The lowest BCUT2D eigenvalue weighted by molar-refractivity contribution is -0.127. The first kappa shape index (κ1) is 17.3. The number of hydrogen-bond donors (Lipinski definition) is 1. The lowest BCUT2D eigenvalue weighted by Gasteiger charge is -2.18. The molecule has 1 amide bonds. The number of hydrazone groups is 1. The van der Waals surface area contributed by atoms with Crippen molar-refractivity contribution in [3.8, 4) is 5.75 Å². The standard InChI is InChI=1S/C23H22N2O2/c1-16(27-20-14-13-17-7-2-3-9-19(17)15-20)23(26)25-24-22-12-6-10-18-8-4-5-11-21(18)22/h2-5,7-9,11,13-16H,6,10,12H2,1H3,(H,25,26)/t16-/m0/s1. The fourth-order valence-corrected chi connectivity index (χ4v) is 3.43. The van der Waals surface area contributed by atoms with Crippen molar-refractivity contribution in [3.05, 3.63) is 77.9 Å². The third-order valence-electron chi connectivity index (χ3n) is 4.89. The Morgan fingerprint density at radius 3 is 2.67 bits per heavy atom. The van der Waals surface area contributed by atoms with Gasteiger partial charge in [-0.05, 0) is 54.7 Å². The van der Waals surface area contributed by atoms with Crippen molar-refractivity contribution in [2.75, 3.05) is 0 Å². The second-order valence-corrected chi connectivity index (χ2v) is 6.81. The molecule has 0 unspecified atom stereocenters. The number of fused-ring (bicyclic) bond motifs is 2. The molecule has 0 spiro atoms. The average molecular weight is 358 g/mol. The van der Waals surface area contributed by atoms with Crippen molar-refractivity contribution in [1.29, 1.82) is 0 Å². The van der Waals surface area contributed by atoms with Gasteiger partial charge < -0.3 is 4.74 Å². The highest BCUT2D eigenvalue weighted by Gasteiger charge is 2.17. The molecular weight excluding hydrogens is 336 g/mol. The van der Waals surface area contributed by atoms with Gasteiger partial charge in [-0.3, -0.25) is 4.79 Å². The van der Waals surface area contributed by atoms with Crippen LogP contribution in [0.1, 0.15) is 30.9 Å². The van der Waals surface area contributed by atoms with Crippen LogP contribution in [0.3, 0.4) is 0 Å². The van der Waals surface area contributed by atoms with Crippen LogP contribution in [0.4, 0.5) is 0 Å². The summed E-state index contributed by atoms with van der Waals surface area (Å²) in [4.78, 5) is 12.4. The SMILES string of the molecule is C[C@H](Oc1ccc2ccccc2c1)C(=O)NN=C1CCCc2ccccc21. The van der Waals surface area contributed by atoms with Crippen LogP contribution >= 0.6 is 0 Å². The van der Waals surface area contributed by atoms with Crippen LogP contribution in [0.25, 0.3) is 10.8 Å². The molecule has 0 saturated carbocycles. The molecule has 27 heavy (non-hydrogen) atoms. The molecule has 3 aromatic carbocycles. The summed E-state index contributed by atoms with van der Waals surface area (Å²) in [6, 6.07) is 22.1. The Labute approximate surface area is 158 Å². The summed E-state index contributed by atoms with van der Waals surface area (Å²) in [5.74, 6) is 0.422. The molecule has 0 saturated heterocycles. The van der Waals surface area contributed by atoms with E-state index in [0.29, 0.717) is 5.75 Å². The second-order valence-electron chi connectivity index (χ2n) is 6.81. The van der Waals surface area contributed by atoms with Crippen molar-refractivity contribution >= 4 is 22.4 Å². The highest BCUT2D eigenvalue weighted by Crippen LogP contribution is 2.22. The van der Waals surface area contributed by atoms with Crippen molar-refractivity contribution in [1.82, 2.24) is 5.43 Å². The van der Waals surface area contributed by atoms with Crippen LogP contribution in [0, 0.1) is 0 Å². The number of carbonyl (C=O) groups excluding carboxylic acids is 1. The summed E-state index contributed by atoms with van der Waals surface area (Å²) in [7, 11) is 0. The molecular formula is C23H22N2O2. The normalized spacial score (nSPS) is 16.0. The van der Waals surface area contributed by atoms with E-state index < -0.39 is 6.10 Å². The average Bonchev–Trinajstić information content (AvgIpc) is 2.71. The van der Waals surface area contributed by atoms with Gasteiger partial charge in [-0.2, -0.15) is 5.10 Å². The van der Waals surface area contributed by atoms with Gasteiger partial charge in [0.25, 0.3) is 5.91 Å². The van der Waals surface area contributed by atoms with Gasteiger partial charge in [0.05, 0.1) is 5.71 Å². The minimum Gasteiger partial charge on any atom is -0.481 e. The third kappa shape index (κ3) is 3.85. The zero-order valence-electron chi connectivity index (χ0n) is 15.3. The number of benzene rings is 3. The molecule has 0 fully saturated rings. The van der Waals surface area contributed by atoms with Gasteiger partial charge in [0.2, 0.25) is 0 Å². The van der Waals surface area contributed by atoms with E-state index in [1.54, 1.807) is 6.92 Å². The Balaban J connectivity index is 1.43. The first-order chi connectivity index (χ1) is 13.2. The summed E-state index contributed by atoms with van der Waals surface area (Å²) in [5.41, 5.74) is 6.03. The van der Waals surface area contributed by atoms with Crippen LogP contribution in [0.5, 0.6) is 5.75 Å². The van der Waals surface area contributed by atoms with Gasteiger partial charge in [-0.25, -0.2) is 5.43 Å². The molecule has 0 aliphatic heterocycles. The van der Waals surface area contributed by atoms with E-state index in [2.05, 4.69) is 22.7 Å². The van der Waals surface area contributed by atoms with Crippen LogP contribution in [-0.2, 0) is 11.2 Å². The highest BCUT2D eigenvalue weighted by molar-refractivity contribution is 6.03. The Hall–Kier alpha value is -3.14. The van der Waals surface area contributed by atoms with E-state index in [1.807, 2.05) is 54.6 Å². The summed E-state index contributed by atoms with van der Waals surface area (Å²) in [6.07, 6.45) is 2.35. The Bertz CT molecular complexity index is 1010. The summed E-state index contributed by atoms with van der Waals surface area (Å²) >= 11 is 0. The number of rotatable bonds is 4. The van der Waals surface area contributed by atoms with Gasteiger partial charge in [-0.15, -0.1) is 0 Å². The van der Waals surface area contributed by atoms with Crippen LogP contribution in [0.2, 0.25) is 0 Å². The molecule has 1 atom stereocenters. The predicted molar refractivity (Wildman–Crippen MR) is 108 cm³/mol. The number of ether oxygens (including phenoxy) is 1. The molecule has 0 heterocycles. The van der Waals surface area contributed by atoms with Crippen molar-refractivity contribution in [2.24, 2.45) is 5.10 Å². The van der Waals surface area contributed by atoms with E-state index in [4.69, 9.17) is 4.74 Å². The lowest BCUT2D eigenvalue weighted by atomic mass is 9.90. The maximum absolute atomic E-state index is 12.4. The second kappa shape index (κ2) is 7.62. The summed E-state index contributed by atoms with van der Waals surface area (Å²) in [6.45, 7) is 1.74. The fraction of sp³-hybridized carbons (Fsp3) is 0.217. The number of nitrogens with one attached hydrogen (secondary N) is 1. The largest absolute Gasteiger partial charge is 0.481 e. The summed E-state index contributed by atoms with van der Waals surface area (Å²) < 4.78 is 5.81. The van der Waals surface area contributed by atoms with Crippen molar-refractivity contribution in [2.45, 2.75) is 32.3 Å². The first-order valence-electron chi connectivity index (χ1n) is 9.31. The molecule has 1 aliphatic carbocycles. The number of nitrogens with zero attached hydrogens (tertiary/aromatic N) is 1. The molecule has 4 rings (SSSR count). The monoisotopic (exact) mass is 358 g/mol. The van der Waals surface area contributed by atoms with E-state index in [-0.39, 0.29) is 5.91 Å². The van der Waals surface area contributed by atoms with Crippen molar-refractivity contribution in [3.63, 3.8) is 0 Å². The van der Waals surface area contributed by atoms with Crippen molar-refractivity contribution < 1.29 is 9.53 Å². The zero-order valence-corrected chi connectivity index (χ0v) is 15.3. The molecule has 1 N–H and O–H groups in total. The van der Waals surface area contributed by atoms with Crippen LogP contribution < -0.4 is 10.2 Å². The molecule has 1 aliphatic rings. The molecule has 0 radical (unpaired) electrons. The Kier molecular flexibility index (Phi) is 4.88. The first-order valence-corrected chi connectivity index (χ1v) is 9.31. The van der Waals surface area contributed by atoms with Crippen LogP contribution in [0.15, 0.2) is 71.8 Å². The number of hydrogen-bond acceptors (Lipinski definition) is 3. The van der Waals surface area contributed by atoms with Gasteiger partial charge in [0.15, 0.2) is 6.10 Å². The lowest BCUT2D eigenvalue weighted by Crippen LogP contribution is -2.34. The highest BCUT2D eigenvalue weighted by atomic mass is 16.5. The molecule has 4 nitrogen and oxygen atoms in total. The number of carbonyl (C=O) groups is 1. The fourth-order valence-electron chi connectivity index (χ4n) is 3.43. The smallest absolute Gasteiger partial charge is 0.280 e. The maximum Gasteiger partial charge on any atom is 0.280 e. The van der Waals surface area contributed by atoms with Gasteiger partial charge in [-0.1, -0.05) is 54.6 Å². The van der Waals surface area contributed by atoms with Gasteiger partial charge >= 0.3 is 0 Å². The van der Waals surface area contributed by atoms with E-state index in [0.717, 1.165) is 41.3 Å². The quantitative estimate of drug-likeness (QED) is 0.700. The minimum atomic E-state index is -0.630.